The number of hydrogen-bond donors (Lipinski definition) is 2. The third-order valence-electron chi connectivity index (χ3n) is 1.32. The smallest absolute Gasteiger partial charge is 0.273 e. The first-order valence-electron chi connectivity index (χ1n) is 3.05. The molecule has 0 saturated heterocycles. The molecule has 0 aliphatic heterocycles. The van der Waals surface area contributed by atoms with Gasteiger partial charge < -0.3 is 0 Å². The summed E-state index contributed by atoms with van der Waals surface area (Å²) in [5, 5.41) is 5.00. The average molecular weight is 175 g/mol. The first-order chi connectivity index (χ1) is 5.52. The molecule has 1 aromatic rings. The zero-order chi connectivity index (χ0) is 9.30. The van der Waals surface area contributed by atoms with E-state index in [1.54, 1.807) is 0 Å². The molecule has 0 aliphatic rings. The minimum Gasteiger partial charge on any atom is -0.287 e. The van der Waals surface area contributed by atoms with Gasteiger partial charge in [-0.3, -0.25) is 11.1 Å². The van der Waals surface area contributed by atoms with E-state index in [9.17, 15) is 13.2 Å². The molecule has 0 aromatic heterocycles. The van der Waals surface area contributed by atoms with Gasteiger partial charge in [-0.25, -0.2) is 13.2 Å². The van der Waals surface area contributed by atoms with Gasteiger partial charge in [0.1, 0.15) is 11.4 Å². The third kappa shape index (κ3) is 1.39. The van der Waals surface area contributed by atoms with Crippen LogP contribution >= 0.6 is 0 Å². The van der Waals surface area contributed by atoms with E-state index in [4.69, 9.17) is 11.1 Å². The van der Waals surface area contributed by atoms with Crippen molar-refractivity contribution >= 4 is 5.84 Å². The highest BCUT2D eigenvalue weighted by Gasteiger charge is 2.13. The van der Waals surface area contributed by atoms with Gasteiger partial charge in [-0.05, 0) is 6.07 Å². The van der Waals surface area contributed by atoms with E-state index in [1.807, 2.05) is 0 Å². The molecule has 0 aliphatic carbocycles. The van der Waals surface area contributed by atoms with Crippen molar-refractivity contribution in [2.75, 3.05) is 0 Å². The second-order valence-corrected chi connectivity index (χ2v) is 2.20. The van der Waals surface area contributed by atoms with Crippen molar-refractivity contribution in [3.63, 3.8) is 0 Å². The maximum atomic E-state index is 12.7. The Morgan fingerprint density at radius 2 is 1.58 bits per heavy atom. The SMILES string of the molecule is NC(=[NH2+])c1cc(F)c(F)cc1F. The molecule has 0 spiro atoms. The minimum atomic E-state index is -1.27. The fraction of sp³-hybridized carbons (Fsp3) is 0. The number of hydrogen-bond acceptors (Lipinski definition) is 0. The van der Waals surface area contributed by atoms with Crippen molar-refractivity contribution in [1.29, 1.82) is 0 Å². The van der Waals surface area contributed by atoms with Crippen LogP contribution < -0.4 is 11.1 Å². The molecular weight excluding hydrogens is 169 g/mol. The second-order valence-electron chi connectivity index (χ2n) is 2.20. The molecule has 1 aromatic carbocycles. The molecule has 0 fully saturated rings. The molecule has 0 heterocycles. The van der Waals surface area contributed by atoms with Crippen LogP contribution in [0, 0.1) is 17.5 Å². The van der Waals surface area contributed by atoms with Gasteiger partial charge >= 0.3 is 0 Å². The Balaban J connectivity index is 3.33. The Kier molecular flexibility index (Phi) is 2.03. The van der Waals surface area contributed by atoms with E-state index in [2.05, 4.69) is 0 Å². The Hall–Kier alpha value is -1.52. The Morgan fingerprint density at radius 1 is 1.08 bits per heavy atom. The standard InChI is InChI=1S/C7H5F3N2/c8-4-2-6(10)5(9)1-3(4)7(11)12/h1-2H,(H3,11,12)/p+1. The van der Waals surface area contributed by atoms with Gasteiger partial charge in [-0.2, -0.15) is 0 Å². The van der Waals surface area contributed by atoms with Gasteiger partial charge in [0.05, 0.1) is 0 Å². The molecule has 1 rings (SSSR count). The molecule has 12 heavy (non-hydrogen) atoms. The van der Waals surface area contributed by atoms with Crippen molar-refractivity contribution in [3.8, 4) is 0 Å². The Labute approximate surface area is 66.3 Å². The summed E-state index contributed by atoms with van der Waals surface area (Å²) in [6.45, 7) is 0. The Bertz CT molecular complexity index is 336. The highest BCUT2D eigenvalue weighted by atomic mass is 19.2. The van der Waals surface area contributed by atoms with Crippen LogP contribution in [0.1, 0.15) is 5.56 Å². The van der Waals surface area contributed by atoms with Crippen LogP contribution in [0.25, 0.3) is 0 Å². The summed E-state index contributed by atoms with van der Waals surface area (Å²) in [6, 6.07) is 1.00. The summed E-state index contributed by atoms with van der Waals surface area (Å²) in [7, 11) is 0. The summed E-state index contributed by atoms with van der Waals surface area (Å²) in [6.07, 6.45) is 0. The van der Waals surface area contributed by atoms with E-state index < -0.39 is 17.5 Å². The van der Waals surface area contributed by atoms with Gasteiger partial charge in [0, 0.05) is 6.07 Å². The van der Waals surface area contributed by atoms with Crippen LogP contribution in [0.2, 0.25) is 0 Å². The number of benzene rings is 1. The van der Waals surface area contributed by atoms with E-state index in [1.165, 1.54) is 0 Å². The summed E-state index contributed by atoms with van der Waals surface area (Å²) in [4.78, 5) is 0. The molecule has 0 unspecified atom stereocenters. The van der Waals surface area contributed by atoms with E-state index >= 15 is 0 Å². The largest absolute Gasteiger partial charge is 0.287 e. The van der Waals surface area contributed by atoms with Crippen molar-refractivity contribution in [1.82, 2.24) is 0 Å². The lowest BCUT2D eigenvalue weighted by Gasteiger charge is -1.97. The number of halogens is 3. The normalized spacial score (nSPS) is 9.92. The molecular formula is C7H6F3N2+. The van der Waals surface area contributed by atoms with Crippen LogP contribution in [0.5, 0.6) is 0 Å². The molecule has 64 valence electrons. The fourth-order valence-electron chi connectivity index (χ4n) is 0.744. The van der Waals surface area contributed by atoms with Gasteiger partial charge in [0.15, 0.2) is 11.6 Å². The summed E-state index contributed by atoms with van der Waals surface area (Å²) in [5.74, 6) is -3.81. The fourth-order valence-corrected chi connectivity index (χ4v) is 0.744. The maximum absolute atomic E-state index is 12.7. The summed E-state index contributed by atoms with van der Waals surface area (Å²) >= 11 is 0. The quantitative estimate of drug-likeness (QED) is 0.339. The molecule has 0 saturated carbocycles. The predicted molar refractivity (Wildman–Crippen MR) is 36.5 cm³/mol. The minimum absolute atomic E-state index is 0.325. The number of rotatable bonds is 1. The highest BCUT2D eigenvalue weighted by Crippen LogP contribution is 2.11. The van der Waals surface area contributed by atoms with Crippen molar-refractivity contribution in [3.05, 3.63) is 35.1 Å². The average Bonchev–Trinajstić information content (AvgIpc) is 1.96. The molecule has 0 radical (unpaired) electrons. The molecule has 4 N–H and O–H groups in total. The first-order valence-corrected chi connectivity index (χ1v) is 3.05. The predicted octanol–water partition coefficient (Wildman–Crippen LogP) is -0.432. The zero-order valence-electron chi connectivity index (χ0n) is 5.94. The molecule has 0 bridgehead atoms. The lowest BCUT2D eigenvalue weighted by Crippen LogP contribution is -2.46. The van der Waals surface area contributed by atoms with Crippen LogP contribution in [0.4, 0.5) is 13.2 Å². The van der Waals surface area contributed by atoms with Crippen molar-refractivity contribution in [2.24, 2.45) is 5.73 Å². The summed E-state index contributed by atoms with van der Waals surface area (Å²) < 4.78 is 37.5. The molecule has 0 amide bonds. The third-order valence-corrected chi connectivity index (χ3v) is 1.32. The lowest BCUT2D eigenvalue weighted by atomic mass is 10.2. The van der Waals surface area contributed by atoms with Gasteiger partial charge in [-0.15, -0.1) is 0 Å². The van der Waals surface area contributed by atoms with Gasteiger partial charge in [-0.1, -0.05) is 0 Å². The topological polar surface area (TPSA) is 51.6 Å². The van der Waals surface area contributed by atoms with Crippen LogP contribution in [-0.2, 0) is 0 Å². The number of amidine groups is 1. The monoisotopic (exact) mass is 175 g/mol. The molecule has 5 heteroatoms. The molecule has 0 atom stereocenters. The van der Waals surface area contributed by atoms with Gasteiger partial charge in [0.25, 0.3) is 5.84 Å². The first kappa shape index (κ1) is 8.58. The summed E-state index contributed by atoms with van der Waals surface area (Å²) in [5.41, 5.74) is 4.67. The highest BCUT2D eigenvalue weighted by molar-refractivity contribution is 5.92. The zero-order valence-corrected chi connectivity index (χ0v) is 5.94. The second kappa shape index (κ2) is 2.84. The lowest BCUT2D eigenvalue weighted by molar-refractivity contribution is -0.114. The number of nitrogens with two attached hydrogens (primary N) is 2. The van der Waals surface area contributed by atoms with Crippen LogP contribution in [-0.4, -0.2) is 5.84 Å². The Morgan fingerprint density at radius 3 is 2.08 bits per heavy atom. The maximum Gasteiger partial charge on any atom is 0.273 e. The van der Waals surface area contributed by atoms with Gasteiger partial charge in [0.2, 0.25) is 0 Å². The molecule has 2 nitrogen and oxygen atoms in total. The van der Waals surface area contributed by atoms with E-state index in [0.717, 1.165) is 0 Å². The van der Waals surface area contributed by atoms with Crippen LogP contribution in [0.15, 0.2) is 12.1 Å². The van der Waals surface area contributed by atoms with Crippen molar-refractivity contribution < 1.29 is 18.6 Å². The van der Waals surface area contributed by atoms with Crippen molar-refractivity contribution in [2.45, 2.75) is 0 Å². The van der Waals surface area contributed by atoms with Crippen LogP contribution in [0.3, 0.4) is 0 Å². The van der Waals surface area contributed by atoms with E-state index in [0.29, 0.717) is 12.1 Å². The van der Waals surface area contributed by atoms with E-state index in [-0.39, 0.29) is 11.4 Å².